The summed E-state index contributed by atoms with van der Waals surface area (Å²) in [6.45, 7) is 5.71. The van der Waals surface area contributed by atoms with Crippen molar-refractivity contribution >= 4 is 17.7 Å². The highest BCUT2D eigenvalue weighted by atomic mass is 16.5. The van der Waals surface area contributed by atoms with Crippen LogP contribution in [0.15, 0.2) is 18.2 Å². The van der Waals surface area contributed by atoms with Gasteiger partial charge in [0.05, 0.1) is 44.5 Å². The van der Waals surface area contributed by atoms with Gasteiger partial charge in [-0.05, 0) is 37.1 Å². The molecule has 2 rings (SSSR count). The summed E-state index contributed by atoms with van der Waals surface area (Å²) in [4.78, 5) is 39.7. The molecule has 0 aliphatic rings. The van der Waals surface area contributed by atoms with E-state index in [0.717, 1.165) is 5.56 Å². The molecule has 0 radical (unpaired) electrons. The number of ether oxygens (including phenoxy) is 4. The number of hydrogen-bond donors (Lipinski definition) is 2. The molecule has 2 N–H and O–H groups in total. The van der Waals surface area contributed by atoms with Crippen LogP contribution in [0.3, 0.4) is 0 Å². The molecule has 0 aliphatic heterocycles. The maximum absolute atomic E-state index is 12.7. The van der Waals surface area contributed by atoms with E-state index in [2.05, 4.69) is 10.3 Å². The Bertz CT molecular complexity index is 981. The van der Waals surface area contributed by atoms with Gasteiger partial charge in [0.2, 0.25) is 5.91 Å². The van der Waals surface area contributed by atoms with Crippen molar-refractivity contribution in [3.8, 4) is 11.5 Å². The predicted octanol–water partition coefficient (Wildman–Crippen LogP) is 2.77. The Kier molecular flexibility index (Phi) is 8.83. The molecular formula is C23H30N2O7. The van der Waals surface area contributed by atoms with Crippen molar-refractivity contribution < 1.29 is 33.3 Å². The van der Waals surface area contributed by atoms with Crippen molar-refractivity contribution in [2.45, 2.75) is 33.2 Å². The van der Waals surface area contributed by atoms with Crippen LogP contribution < -0.4 is 14.8 Å². The zero-order valence-corrected chi connectivity index (χ0v) is 19.3. The number of carbonyl (C=O) groups excluding carboxylic acids is 3. The van der Waals surface area contributed by atoms with Gasteiger partial charge in [-0.1, -0.05) is 6.07 Å². The topological polar surface area (TPSA) is 116 Å². The molecule has 0 spiro atoms. The number of rotatable bonds is 11. The molecule has 9 heteroatoms. The number of Topliss-reactive ketones (excluding diaryl/α,β-unsaturated/α-hetero) is 1. The number of ketones is 1. The summed E-state index contributed by atoms with van der Waals surface area (Å²) in [5.74, 6) is -0.0335. The zero-order chi connectivity index (χ0) is 23.8. The van der Waals surface area contributed by atoms with Crippen LogP contribution in [-0.2, 0) is 20.7 Å². The second-order valence-corrected chi connectivity index (χ2v) is 7.24. The number of hydrogen-bond acceptors (Lipinski definition) is 7. The number of methoxy groups -OCH3 is 3. The molecule has 0 saturated carbocycles. The summed E-state index contributed by atoms with van der Waals surface area (Å²) in [5, 5.41) is 2.90. The third-order valence-corrected chi connectivity index (χ3v) is 5.02. The highest BCUT2D eigenvalue weighted by molar-refractivity contribution is 6.01. The summed E-state index contributed by atoms with van der Waals surface area (Å²) < 4.78 is 20.8. The predicted molar refractivity (Wildman–Crippen MR) is 118 cm³/mol. The average Bonchev–Trinajstić information content (AvgIpc) is 3.09. The number of nitrogens with one attached hydrogen (secondary N) is 2. The minimum Gasteiger partial charge on any atom is -0.493 e. The number of aromatic amines is 1. The van der Waals surface area contributed by atoms with E-state index in [-0.39, 0.29) is 35.4 Å². The first-order valence-electron chi connectivity index (χ1n) is 10.1. The largest absolute Gasteiger partial charge is 0.493 e. The Morgan fingerprint density at radius 2 is 1.81 bits per heavy atom. The number of esters is 1. The van der Waals surface area contributed by atoms with Gasteiger partial charge < -0.3 is 29.2 Å². The maximum Gasteiger partial charge on any atom is 0.339 e. The molecule has 1 atom stereocenters. The first-order chi connectivity index (χ1) is 15.2. The molecule has 1 amide bonds. The standard InChI is InChI=1S/C23H30N2O7/c1-13-21(23(28)31-6)17(25-22(13)15(3)26)12-20(27)24-14(2)16-7-8-18(19(11-16)30-5)32-10-9-29-4/h7-8,11,14,25H,9-10,12H2,1-6H3,(H,24,27). The fourth-order valence-electron chi connectivity index (χ4n) is 3.37. The number of carbonyl (C=O) groups is 3. The van der Waals surface area contributed by atoms with E-state index in [1.807, 2.05) is 13.0 Å². The second-order valence-electron chi connectivity index (χ2n) is 7.24. The summed E-state index contributed by atoms with van der Waals surface area (Å²) in [6.07, 6.45) is -0.113. The number of H-pyrrole nitrogens is 1. The third kappa shape index (κ3) is 5.88. The molecule has 1 aromatic carbocycles. The van der Waals surface area contributed by atoms with E-state index >= 15 is 0 Å². The van der Waals surface area contributed by atoms with Crippen molar-refractivity contribution in [1.29, 1.82) is 0 Å². The van der Waals surface area contributed by atoms with Gasteiger partial charge in [0, 0.05) is 19.7 Å². The number of benzene rings is 1. The molecule has 0 fully saturated rings. The van der Waals surface area contributed by atoms with Gasteiger partial charge in [-0.3, -0.25) is 9.59 Å². The van der Waals surface area contributed by atoms with Crippen molar-refractivity contribution in [2.24, 2.45) is 0 Å². The van der Waals surface area contributed by atoms with Crippen LogP contribution in [0.2, 0.25) is 0 Å². The maximum atomic E-state index is 12.7. The number of aromatic nitrogens is 1. The molecular weight excluding hydrogens is 416 g/mol. The average molecular weight is 447 g/mol. The van der Waals surface area contributed by atoms with E-state index < -0.39 is 5.97 Å². The van der Waals surface area contributed by atoms with Crippen LogP contribution >= 0.6 is 0 Å². The van der Waals surface area contributed by atoms with Gasteiger partial charge in [0.25, 0.3) is 0 Å². The fourth-order valence-corrected chi connectivity index (χ4v) is 3.37. The first kappa shape index (κ1) is 24.9. The first-order valence-corrected chi connectivity index (χ1v) is 10.1. The fraction of sp³-hybridized carbons (Fsp3) is 0.435. The highest BCUT2D eigenvalue weighted by Crippen LogP contribution is 2.30. The van der Waals surface area contributed by atoms with Gasteiger partial charge in [-0.2, -0.15) is 0 Å². The van der Waals surface area contributed by atoms with E-state index in [9.17, 15) is 14.4 Å². The molecule has 2 aromatic rings. The number of amides is 1. The quantitative estimate of drug-likeness (QED) is 0.310. The molecule has 0 aliphatic carbocycles. The van der Waals surface area contributed by atoms with Gasteiger partial charge >= 0.3 is 5.97 Å². The van der Waals surface area contributed by atoms with Gasteiger partial charge in [0.15, 0.2) is 17.3 Å². The Hall–Kier alpha value is -3.33. The van der Waals surface area contributed by atoms with Crippen LogP contribution in [0.1, 0.15) is 57.6 Å². The van der Waals surface area contributed by atoms with E-state index in [1.54, 1.807) is 33.3 Å². The molecule has 32 heavy (non-hydrogen) atoms. The lowest BCUT2D eigenvalue weighted by atomic mass is 10.1. The lowest BCUT2D eigenvalue weighted by molar-refractivity contribution is -0.121. The van der Waals surface area contributed by atoms with Gasteiger partial charge in [-0.25, -0.2) is 4.79 Å². The Morgan fingerprint density at radius 1 is 1.09 bits per heavy atom. The summed E-state index contributed by atoms with van der Waals surface area (Å²) in [5.41, 5.74) is 2.11. The second kappa shape index (κ2) is 11.3. The molecule has 0 bridgehead atoms. The van der Waals surface area contributed by atoms with Crippen molar-refractivity contribution in [3.05, 3.63) is 46.3 Å². The van der Waals surface area contributed by atoms with Crippen LogP contribution in [0.4, 0.5) is 0 Å². The summed E-state index contributed by atoms with van der Waals surface area (Å²) in [6, 6.07) is 5.06. The van der Waals surface area contributed by atoms with Crippen LogP contribution in [0.5, 0.6) is 11.5 Å². The van der Waals surface area contributed by atoms with Crippen LogP contribution in [0.25, 0.3) is 0 Å². The Labute approximate surface area is 187 Å². The normalized spacial score (nSPS) is 11.6. The van der Waals surface area contributed by atoms with Crippen LogP contribution in [0, 0.1) is 6.92 Å². The van der Waals surface area contributed by atoms with Crippen molar-refractivity contribution in [1.82, 2.24) is 10.3 Å². The monoisotopic (exact) mass is 446 g/mol. The zero-order valence-electron chi connectivity index (χ0n) is 19.3. The molecule has 9 nitrogen and oxygen atoms in total. The molecule has 1 heterocycles. The SMILES string of the molecule is COCCOc1ccc(C(C)NC(=O)Cc2[nH]c(C(C)=O)c(C)c2C(=O)OC)cc1OC. The van der Waals surface area contributed by atoms with Gasteiger partial charge in [0.1, 0.15) is 6.61 Å². The summed E-state index contributed by atoms with van der Waals surface area (Å²) >= 11 is 0. The minimum atomic E-state index is -0.601. The Morgan fingerprint density at radius 3 is 2.41 bits per heavy atom. The lowest BCUT2D eigenvalue weighted by Gasteiger charge is -2.17. The van der Waals surface area contributed by atoms with E-state index in [1.165, 1.54) is 14.0 Å². The van der Waals surface area contributed by atoms with Crippen molar-refractivity contribution in [3.63, 3.8) is 0 Å². The molecule has 174 valence electrons. The Balaban J connectivity index is 2.16. The van der Waals surface area contributed by atoms with Gasteiger partial charge in [-0.15, -0.1) is 0 Å². The lowest BCUT2D eigenvalue weighted by Crippen LogP contribution is -2.28. The summed E-state index contributed by atoms with van der Waals surface area (Å²) in [7, 11) is 4.39. The molecule has 1 unspecified atom stereocenters. The van der Waals surface area contributed by atoms with E-state index in [4.69, 9.17) is 18.9 Å². The molecule has 0 saturated heterocycles. The van der Waals surface area contributed by atoms with Crippen LogP contribution in [-0.4, -0.2) is 57.2 Å². The smallest absolute Gasteiger partial charge is 0.339 e. The molecule has 1 aromatic heterocycles. The van der Waals surface area contributed by atoms with Crippen molar-refractivity contribution in [2.75, 3.05) is 34.5 Å². The minimum absolute atomic E-state index is 0.113. The third-order valence-electron chi connectivity index (χ3n) is 5.02. The van der Waals surface area contributed by atoms with E-state index in [0.29, 0.717) is 36.0 Å². The highest BCUT2D eigenvalue weighted by Gasteiger charge is 2.25.